The molecule has 7 heteroatoms. The molecule has 0 saturated carbocycles. The molecule has 1 unspecified atom stereocenters. The van der Waals surface area contributed by atoms with Crippen LogP contribution in [0.2, 0.25) is 0 Å². The third-order valence-corrected chi connectivity index (χ3v) is 5.92. The molecule has 2 aromatic heterocycles. The predicted molar refractivity (Wildman–Crippen MR) is 118 cm³/mol. The number of furan rings is 1. The first-order chi connectivity index (χ1) is 15.0. The zero-order valence-electron chi connectivity index (χ0n) is 17.3. The summed E-state index contributed by atoms with van der Waals surface area (Å²) in [6.45, 7) is 4.60. The van der Waals surface area contributed by atoms with Gasteiger partial charge in [0.05, 0.1) is 18.7 Å². The molecule has 3 aromatic rings. The fraction of sp³-hybridized carbons (Fsp3) is 0.250. The molecule has 1 aliphatic heterocycles. The quantitative estimate of drug-likeness (QED) is 0.317. The van der Waals surface area contributed by atoms with Gasteiger partial charge in [0.2, 0.25) is 0 Å². The average Bonchev–Trinajstić information content (AvgIpc) is 3.49. The zero-order valence-corrected chi connectivity index (χ0v) is 18.1. The maximum atomic E-state index is 13.0. The Kier molecular flexibility index (Phi) is 5.95. The normalized spacial score (nSPS) is 18.0. The van der Waals surface area contributed by atoms with Crippen LogP contribution in [0.1, 0.15) is 41.3 Å². The predicted octanol–water partition coefficient (Wildman–Crippen LogP) is 5.06. The van der Waals surface area contributed by atoms with Gasteiger partial charge < -0.3 is 19.2 Å². The van der Waals surface area contributed by atoms with Gasteiger partial charge in [0.1, 0.15) is 29.1 Å². The van der Waals surface area contributed by atoms with Crippen LogP contribution in [0.3, 0.4) is 0 Å². The van der Waals surface area contributed by atoms with Gasteiger partial charge in [-0.25, -0.2) is 0 Å². The molecule has 160 valence electrons. The van der Waals surface area contributed by atoms with Crippen LogP contribution in [0.4, 0.5) is 0 Å². The minimum atomic E-state index is -0.809. The number of aliphatic hydroxyl groups excluding tert-OH is 1. The van der Waals surface area contributed by atoms with Gasteiger partial charge >= 0.3 is 0 Å². The number of nitrogens with zero attached hydrogens (tertiary/aromatic N) is 1. The van der Waals surface area contributed by atoms with E-state index in [0.717, 1.165) is 11.3 Å². The van der Waals surface area contributed by atoms with Gasteiger partial charge in [0.25, 0.3) is 11.7 Å². The Labute approximate surface area is 184 Å². The van der Waals surface area contributed by atoms with Crippen molar-refractivity contribution in [1.82, 2.24) is 4.90 Å². The summed E-state index contributed by atoms with van der Waals surface area (Å²) in [6, 6.07) is 13.4. The molecule has 3 heterocycles. The molecule has 4 rings (SSSR count). The second-order valence-electron chi connectivity index (χ2n) is 7.33. The summed E-state index contributed by atoms with van der Waals surface area (Å²) >= 11 is 1.50. The standard InChI is InChI=1S/C24H23NO5S/c1-3-11-29-17-7-4-6-16(13-17)22(26)20-21(19-10-9-15(2)30-19)25(24(28)23(20)27)14-18-8-5-12-31-18/h4-10,12-13,21,26H,3,11,14H2,1-2H3/b22-20-. The first kappa shape index (κ1) is 20.9. The number of hydrogen-bond donors (Lipinski definition) is 1. The van der Waals surface area contributed by atoms with Crippen molar-refractivity contribution in [3.05, 3.63) is 81.4 Å². The molecule has 6 nitrogen and oxygen atoms in total. The Balaban J connectivity index is 1.80. The van der Waals surface area contributed by atoms with Crippen molar-refractivity contribution in [1.29, 1.82) is 0 Å². The van der Waals surface area contributed by atoms with Crippen molar-refractivity contribution >= 4 is 28.8 Å². The molecule has 0 aliphatic carbocycles. The summed E-state index contributed by atoms with van der Waals surface area (Å²) < 4.78 is 11.4. The van der Waals surface area contributed by atoms with E-state index in [4.69, 9.17) is 9.15 Å². The average molecular weight is 438 g/mol. The van der Waals surface area contributed by atoms with E-state index >= 15 is 0 Å². The van der Waals surface area contributed by atoms with E-state index in [1.807, 2.05) is 24.4 Å². The van der Waals surface area contributed by atoms with E-state index in [1.165, 1.54) is 16.2 Å². The van der Waals surface area contributed by atoms with Crippen molar-refractivity contribution in [3.63, 3.8) is 0 Å². The van der Waals surface area contributed by atoms with Crippen LogP contribution in [0.5, 0.6) is 5.75 Å². The topological polar surface area (TPSA) is 80.0 Å². The van der Waals surface area contributed by atoms with E-state index in [9.17, 15) is 14.7 Å². The Morgan fingerprint density at radius 3 is 2.71 bits per heavy atom. The van der Waals surface area contributed by atoms with Crippen LogP contribution in [-0.4, -0.2) is 28.3 Å². The first-order valence-electron chi connectivity index (χ1n) is 10.1. The SMILES string of the molecule is CCCOc1cccc(/C(O)=C2/C(=O)C(=O)N(Cc3cccs3)C2c2ccc(C)o2)c1. The fourth-order valence-corrected chi connectivity index (χ4v) is 4.32. The highest BCUT2D eigenvalue weighted by Gasteiger charge is 2.47. The highest BCUT2D eigenvalue weighted by atomic mass is 32.1. The van der Waals surface area contributed by atoms with Crippen LogP contribution in [0.15, 0.2) is 63.9 Å². The van der Waals surface area contributed by atoms with E-state index in [1.54, 1.807) is 43.3 Å². The number of thiophene rings is 1. The molecular formula is C24H23NO5S. The smallest absolute Gasteiger partial charge is 0.296 e. The Bertz CT molecular complexity index is 1130. The van der Waals surface area contributed by atoms with Gasteiger partial charge in [-0.2, -0.15) is 0 Å². The van der Waals surface area contributed by atoms with Crippen LogP contribution >= 0.6 is 11.3 Å². The lowest BCUT2D eigenvalue weighted by Gasteiger charge is -2.22. The summed E-state index contributed by atoms with van der Waals surface area (Å²) in [6.07, 6.45) is 0.849. The minimum absolute atomic E-state index is 0.0172. The van der Waals surface area contributed by atoms with Crippen molar-refractivity contribution in [2.75, 3.05) is 6.61 Å². The summed E-state index contributed by atoms with van der Waals surface area (Å²) in [7, 11) is 0. The molecule has 1 amide bonds. The van der Waals surface area contributed by atoms with Gasteiger partial charge in [0, 0.05) is 10.4 Å². The number of rotatable bonds is 7. The molecule has 1 fully saturated rings. The number of Topliss-reactive ketones (excluding diaryl/α,β-unsaturated/α-hetero) is 1. The molecule has 31 heavy (non-hydrogen) atoms. The maximum Gasteiger partial charge on any atom is 0.296 e. The van der Waals surface area contributed by atoms with Crippen LogP contribution in [-0.2, 0) is 16.1 Å². The Morgan fingerprint density at radius 1 is 1.19 bits per heavy atom. The van der Waals surface area contributed by atoms with Gasteiger partial charge in [-0.05, 0) is 49.1 Å². The van der Waals surface area contributed by atoms with E-state index in [0.29, 0.717) is 29.4 Å². The first-order valence-corrected chi connectivity index (χ1v) is 11.0. The lowest BCUT2D eigenvalue weighted by Crippen LogP contribution is -2.28. The van der Waals surface area contributed by atoms with Gasteiger partial charge in [0.15, 0.2) is 0 Å². The summed E-state index contributed by atoms with van der Waals surface area (Å²) in [5.74, 6) is 0.0531. The highest BCUT2D eigenvalue weighted by molar-refractivity contribution is 7.09. The van der Waals surface area contributed by atoms with Gasteiger partial charge in [-0.1, -0.05) is 25.1 Å². The third-order valence-electron chi connectivity index (χ3n) is 5.06. The number of ether oxygens (including phenoxy) is 1. The summed E-state index contributed by atoms with van der Waals surface area (Å²) in [4.78, 5) is 28.4. The molecule has 0 spiro atoms. The third kappa shape index (κ3) is 4.14. The number of aliphatic hydroxyl groups is 1. The number of hydrogen-bond acceptors (Lipinski definition) is 6. The van der Waals surface area contributed by atoms with E-state index < -0.39 is 17.7 Å². The van der Waals surface area contributed by atoms with Gasteiger partial charge in [-0.3, -0.25) is 9.59 Å². The molecule has 0 radical (unpaired) electrons. The van der Waals surface area contributed by atoms with Crippen molar-refractivity contribution < 1.29 is 23.8 Å². The van der Waals surface area contributed by atoms with Crippen LogP contribution in [0, 0.1) is 6.92 Å². The number of aryl methyl sites for hydroxylation is 1. The fourth-order valence-electron chi connectivity index (χ4n) is 3.62. The molecular weight excluding hydrogens is 414 g/mol. The van der Waals surface area contributed by atoms with E-state index in [-0.39, 0.29) is 17.9 Å². The highest BCUT2D eigenvalue weighted by Crippen LogP contribution is 2.41. The second-order valence-corrected chi connectivity index (χ2v) is 8.36. The minimum Gasteiger partial charge on any atom is -0.507 e. The molecule has 1 aromatic carbocycles. The molecule has 1 saturated heterocycles. The Morgan fingerprint density at radius 2 is 2.03 bits per heavy atom. The number of ketones is 1. The lowest BCUT2D eigenvalue weighted by molar-refractivity contribution is -0.140. The number of carbonyl (C=O) groups is 2. The lowest BCUT2D eigenvalue weighted by atomic mass is 9.99. The summed E-state index contributed by atoms with van der Waals surface area (Å²) in [5, 5.41) is 13.0. The van der Waals surface area contributed by atoms with Crippen molar-refractivity contribution in [3.8, 4) is 5.75 Å². The van der Waals surface area contributed by atoms with E-state index in [2.05, 4.69) is 0 Å². The zero-order chi connectivity index (χ0) is 22.0. The molecule has 1 atom stereocenters. The number of benzene rings is 1. The Hall–Kier alpha value is -3.32. The second kappa shape index (κ2) is 8.81. The monoisotopic (exact) mass is 437 g/mol. The number of likely N-dealkylation sites (tertiary alicyclic amines) is 1. The summed E-state index contributed by atoms with van der Waals surface area (Å²) in [5.41, 5.74) is 0.430. The molecule has 1 N–H and O–H groups in total. The molecule has 0 bridgehead atoms. The number of amides is 1. The largest absolute Gasteiger partial charge is 0.507 e. The van der Waals surface area contributed by atoms with Gasteiger partial charge in [-0.15, -0.1) is 11.3 Å². The molecule has 1 aliphatic rings. The maximum absolute atomic E-state index is 13.0. The van der Waals surface area contributed by atoms with Crippen LogP contribution in [0.25, 0.3) is 5.76 Å². The van der Waals surface area contributed by atoms with Crippen molar-refractivity contribution in [2.45, 2.75) is 32.9 Å². The van der Waals surface area contributed by atoms with Crippen molar-refractivity contribution in [2.24, 2.45) is 0 Å². The van der Waals surface area contributed by atoms with Crippen LogP contribution < -0.4 is 4.74 Å². The number of carbonyl (C=O) groups excluding carboxylic acids is 2.